The lowest BCUT2D eigenvalue weighted by Crippen LogP contribution is -1.86. The molecular formula is C15H15N3O. The Morgan fingerprint density at radius 1 is 1.21 bits per heavy atom. The fourth-order valence-electron chi connectivity index (χ4n) is 2.10. The Morgan fingerprint density at radius 2 is 2.05 bits per heavy atom. The molecule has 0 aliphatic heterocycles. The molecule has 0 aliphatic carbocycles. The maximum atomic E-state index is 9.65. The number of phenolic OH excluding ortho intramolecular Hbond substituents is 1. The first kappa shape index (κ1) is 11.6. The SMILES string of the molecule is CCc1ccc2nc(-c3ccc(N)c(O)c3)[nH]c2c1. The van der Waals surface area contributed by atoms with Crippen molar-refractivity contribution in [2.75, 3.05) is 5.73 Å². The van der Waals surface area contributed by atoms with Crippen molar-refractivity contribution >= 4 is 16.7 Å². The van der Waals surface area contributed by atoms with Crippen LogP contribution in [0.25, 0.3) is 22.4 Å². The lowest BCUT2D eigenvalue weighted by Gasteiger charge is -2.00. The molecule has 0 spiro atoms. The summed E-state index contributed by atoms with van der Waals surface area (Å²) in [5.41, 5.74) is 9.98. The third kappa shape index (κ3) is 2.01. The van der Waals surface area contributed by atoms with Gasteiger partial charge < -0.3 is 15.8 Å². The number of nitrogens with two attached hydrogens (primary N) is 1. The molecule has 96 valence electrons. The second-order valence-electron chi connectivity index (χ2n) is 4.56. The van der Waals surface area contributed by atoms with E-state index in [0.717, 1.165) is 28.8 Å². The van der Waals surface area contributed by atoms with E-state index in [9.17, 15) is 5.11 Å². The maximum absolute atomic E-state index is 9.65. The van der Waals surface area contributed by atoms with E-state index in [2.05, 4.69) is 29.0 Å². The van der Waals surface area contributed by atoms with Crippen molar-refractivity contribution in [3.8, 4) is 17.1 Å². The molecule has 0 saturated carbocycles. The molecule has 1 aromatic heterocycles. The predicted octanol–water partition coefficient (Wildman–Crippen LogP) is 3.08. The van der Waals surface area contributed by atoms with Gasteiger partial charge in [0.1, 0.15) is 11.6 Å². The Labute approximate surface area is 110 Å². The maximum Gasteiger partial charge on any atom is 0.139 e. The number of benzene rings is 2. The smallest absolute Gasteiger partial charge is 0.139 e. The molecule has 3 rings (SSSR count). The molecule has 0 atom stereocenters. The third-order valence-electron chi connectivity index (χ3n) is 3.26. The van der Waals surface area contributed by atoms with Crippen molar-refractivity contribution in [2.24, 2.45) is 0 Å². The molecule has 0 unspecified atom stereocenters. The van der Waals surface area contributed by atoms with Gasteiger partial charge in [-0.2, -0.15) is 0 Å². The van der Waals surface area contributed by atoms with Gasteiger partial charge in [0.15, 0.2) is 0 Å². The number of aryl methyl sites for hydroxylation is 1. The summed E-state index contributed by atoms with van der Waals surface area (Å²) in [6, 6.07) is 11.3. The summed E-state index contributed by atoms with van der Waals surface area (Å²) in [5.74, 6) is 0.811. The number of phenols is 1. The average molecular weight is 253 g/mol. The number of imidazole rings is 1. The van der Waals surface area contributed by atoms with Gasteiger partial charge >= 0.3 is 0 Å². The van der Waals surface area contributed by atoms with Gasteiger partial charge in [-0.1, -0.05) is 13.0 Å². The monoisotopic (exact) mass is 253 g/mol. The van der Waals surface area contributed by atoms with E-state index in [-0.39, 0.29) is 5.75 Å². The van der Waals surface area contributed by atoms with Crippen LogP contribution >= 0.6 is 0 Å². The summed E-state index contributed by atoms with van der Waals surface area (Å²) in [6.07, 6.45) is 0.993. The number of H-pyrrole nitrogens is 1. The standard InChI is InChI=1S/C15H15N3O/c1-2-9-3-6-12-13(7-9)18-15(17-12)10-4-5-11(16)14(19)8-10/h3-8,19H,2,16H2,1H3,(H,17,18). The fourth-order valence-corrected chi connectivity index (χ4v) is 2.10. The topological polar surface area (TPSA) is 74.9 Å². The summed E-state index contributed by atoms with van der Waals surface area (Å²) < 4.78 is 0. The van der Waals surface area contributed by atoms with Crippen LogP contribution in [0.1, 0.15) is 12.5 Å². The van der Waals surface area contributed by atoms with Crippen LogP contribution in [-0.4, -0.2) is 15.1 Å². The summed E-state index contributed by atoms with van der Waals surface area (Å²) in [5, 5.41) is 9.65. The zero-order valence-electron chi connectivity index (χ0n) is 10.6. The number of fused-ring (bicyclic) bond motifs is 1. The summed E-state index contributed by atoms with van der Waals surface area (Å²) in [6.45, 7) is 2.12. The lowest BCUT2D eigenvalue weighted by atomic mass is 10.1. The van der Waals surface area contributed by atoms with E-state index in [4.69, 9.17) is 5.73 Å². The molecule has 4 nitrogen and oxygen atoms in total. The van der Waals surface area contributed by atoms with Crippen LogP contribution in [0.2, 0.25) is 0 Å². The number of nitrogen functional groups attached to an aromatic ring is 1. The number of nitrogens with one attached hydrogen (secondary N) is 1. The van der Waals surface area contributed by atoms with Crippen molar-refractivity contribution in [2.45, 2.75) is 13.3 Å². The number of anilines is 1. The zero-order chi connectivity index (χ0) is 13.4. The first-order valence-corrected chi connectivity index (χ1v) is 6.25. The van der Waals surface area contributed by atoms with E-state index in [1.54, 1.807) is 12.1 Å². The Balaban J connectivity index is 2.11. The number of aromatic nitrogens is 2. The molecule has 4 heteroatoms. The minimum absolute atomic E-state index is 0.0761. The van der Waals surface area contributed by atoms with Gasteiger partial charge in [-0.05, 0) is 42.3 Å². The van der Waals surface area contributed by atoms with Crippen molar-refractivity contribution in [3.63, 3.8) is 0 Å². The first-order valence-electron chi connectivity index (χ1n) is 6.25. The highest BCUT2D eigenvalue weighted by atomic mass is 16.3. The molecule has 0 bridgehead atoms. The number of aromatic amines is 1. The molecule has 1 heterocycles. The van der Waals surface area contributed by atoms with Crippen molar-refractivity contribution in [1.82, 2.24) is 9.97 Å². The molecule has 2 aromatic carbocycles. The Bertz CT molecular complexity index is 746. The lowest BCUT2D eigenvalue weighted by molar-refractivity contribution is 0.478. The van der Waals surface area contributed by atoms with Gasteiger partial charge in [-0.15, -0.1) is 0 Å². The van der Waals surface area contributed by atoms with E-state index in [1.165, 1.54) is 5.56 Å². The molecule has 0 amide bonds. The van der Waals surface area contributed by atoms with Crippen LogP contribution in [0.5, 0.6) is 5.75 Å². The number of hydrogen-bond acceptors (Lipinski definition) is 3. The van der Waals surface area contributed by atoms with Crippen LogP contribution in [0.4, 0.5) is 5.69 Å². The second kappa shape index (κ2) is 4.31. The number of hydrogen-bond donors (Lipinski definition) is 3. The fraction of sp³-hybridized carbons (Fsp3) is 0.133. The van der Waals surface area contributed by atoms with Gasteiger partial charge in [0.2, 0.25) is 0 Å². The van der Waals surface area contributed by atoms with Crippen molar-refractivity contribution < 1.29 is 5.11 Å². The summed E-state index contributed by atoms with van der Waals surface area (Å²) in [7, 11) is 0. The molecule has 3 aromatic rings. The summed E-state index contributed by atoms with van der Waals surface area (Å²) in [4.78, 5) is 7.79. The highest BCUT2D eigenvalue weighted by molar-refractivity contribution is 5.80. The second-order valence-corrected chi connectivity index (χ2v) is 4.56. The van der Waals surface area contributed by atoms with Crippen LogP contribution < -0.4 is 5.73 Å². The summed E-state index contributed by atoms with van der Waals surface area (Å²) >= 11 is 0. The molecule has 0 aliphatic rings. The first-order chi connectivity index (χ1) is 9.17. The normalized spacial score (nSPS) is 11.0. The minimum Gasteiger partial charge on any atom is -0.506 e. The van der Waals surface area contributed by atoms with E-state index in [1.807, 2.05) is 12.1 Å². The Kier molecular flexibility index (Phi) is 2.63. The highest BCUT2D eigenvalue weighted by Crippen LogP contribution is 2.27. The molecule has 0 radical (unpaired) electrons. The molecule has 19 heavy (non-hydrogen) atoms. The zero-order valence-corrected chi connectivity index (χ0v) is 10.6. The van der Waals surface area contributed by atoms with Gasteiger partial charge in [0.25, 0.3) is 0 Å². The van der Waals surface area contributed by atoms with E-state index >= 15 is 0 Å². The Morgan fingerprint density at radius 3 is 2.79 bits per heavy atom. The van der Waals surface area contributed by atoms with Crippen LogP contribution in [0.15, 0.2) is 36.4 Å². The highest BCUT2D eigenvalue weighted by Gasteiger charge is 2.07. The number of rotatable bonds is 2. The average Bonchev–Trinajstić information content (AvgIpc) is 2.84. The van der Waals surface area contributed by atoms with Crippen LogP contribution in [0, 0.1) is 0 Å². The Hall–Kier alpha value is -2.49. The molecule has 4 N–H and O–H groups in total. The van der Waals surface area contributed by atoms with Gasteiger partial charge in [-0.25, -0.2) is 4.98 Å². The molecule has 0 saturated heterocycles. The molecular weight excluding hydrogens is 238 g/mol. The van der Waals surface area contributed by atoms with Gasteiger partial charge in [0.05, 0.1) is 16.7 Å². The van der Waals surface area contributed by atoms with Crippen LogP contribution in [0.3, 0.4) is 0 Å². The van der Waals surface area contributed by atoms with Crippen molar-refractivity contribution in [1.29, 1.82) is 0 Å². The number of aromatic hydroxyl groups is 1. The largest absolute Gasteiger partial charge is 0.506 e. The van der Waals surface area contributed by atoms with Gasteiger partial charge in [-0.3, -0.25) is 0 Å². The number of nitrogens with zero attached hydrogens (tertiary/aromatic N) is 1. The molecule has 0 fully saturated rings. The minimum atomic E-state index is 0.0761. The quantitative estimate of drug-likeness (QED) is 0.485. The van der Waals surface area contributed by atoms with E-state index in [0.29, 0.717) is 5.69 Å². The van der Waals surface area contributed by atoms with Crippen molar-refractivity contribution in [3.05, 3.63) is 42.0 Å². The van der Waals surface area contributed by atoms with Gasteiger partial charge in [0, 0.05) is 5.56 Å². The predicted molar refractivity (Wildman–Crippen MR) is 77.0 cm³/mol. The van der Waals surface area contributed by atoms with Crippen LogP contribution in [-0.2, 0) is 6.42 Å². The third-order valence-corrected chi connectivity index (χ3v) is 3.26. The van der Waals surface area contributed by atoms with E-state index < -0.39 is 0 Å².